The Balaban J connectivity index is 3.70. The number of hydrogen-bond acceptors (Lipinski definition) is 5. The zero-order chi connectivity index (χ0) is 30.8. The number of rotatable bonds is 29. The molecule has 0 aromatic rings. The van der Waals surface area contributed by atoms with Crippen molar-refractivity contribution in [2.75, 3.05) is 13.2 Å². The van der Waals surface area contributed by atoms with Crippen LogP contribution < -0.4 is 0 Å². The van der Waals surface area contributed by atoms with Gasteiger partial charge in [0.25, 0.3) is 0 Å². The van der Waals surface area contributed by atoms with Crippen LogP contribution in [0.1, 0.15) is 142 Å². The van der Waals surface area contributed by atoms with E-state index < -0.39 is 6.10 Å². The molecule has 0 spiro atoms. The van der Waals surface area contributed by atoms with Gasteiger partial charge in [-0.1, -0.05) is 164 Å². The maximum Gasteiger partial charge on any atom is 0.306 e. The summed E-state index contributed by atoms with van der Waals surface area (Å²) in [6.45, 7) is 3.91. The van der Waals surface area contributed by atoms with Gasteiger partial charge in [0.2, 0.25) is 0 Å². The molecule has 1 N–H and O–H groups in total. The summed E-state index contributed by atoms with van der Waals surface area (Å²) in [6.07, 6.45) is 41.4. The summed E-state index contributed by atoms with van der Waals surface area (Å²) < 4.78 is 10.5. The van der Waals surface area contributed by atoms with Crippen molar-refractivity contribution in [3.05, 3.63) is 60.8 Å². The van der Waals surface area contributed by atoms with E-state index in [-0.39, 0.29) is 31.6 Å². The van der Waals surface area contributed by atoms with Gasteiger partial charge in [-0.25, -0.2) is 0 Å². The number of ether oxygens (including phenoxy) is 2. The molecule has 0 radical (unpaired) electrons. The molecular formula is C37H62O5. The molecule has 0 aliphatic carbocycles. The maximum absolute atomic E-state index is 12.1. The first-order chi connectivity index (χ1) is 20.6. The van der Waals surface area contributed by atoms with E-state index in [4.69, 9.17) is 9.47 Å². The van der Waals surface area contributed by atoms with E-state index in [2.05, 4.69) is 19.9 Å². The van der Waals surface area contributed by atoms with Crippen LogP contribution >= 0.6 is 0 Å². The van der Waals surface area contributed by atoms with Crippen LogP contribution in [0.2, 0.25) is 0 Å². The Bertz CT molecular complexity index is 762. The van der Waals surface area contributed by atoms with E-state index in [1.165, 1.54) is 77.0 Å². The highest BCUT2D eigenvalue weighted by molar-refractivity contribution is 5.70. The summed E-state index contributed by atoms with van der Waals surface area (Å²) in [5.41, 5.74) is 0. The Kier molecular flexibility index (Phi) is 31.2. The third-order valence-corrected chi connectivity index (χ3v) is 6.95. The first kappa shape index (κ1) is 39.6. The van der Waals surface area contributed by atoms with Crippen molar-refractivity contribution in [2.45, 2.75) is 148 Å². The van der Waals surface area contributed by atoms with Gasteiger partial charge in [0, 0.05) is 12.8 Å². The second kappa shape index (κ2) is 33.1. The Hall–Kier alpha value is -2.40. The molecule has 42 heavy (non-hydrogen) atoms. The molecule has 0 amide bonds. The lowest BCUT2D eigenvalue weighted by atomic mass is 10.0. The van der Waals surface area contributed by atoms with Gasteiger partial charge in [0.15, 0.2) is 6.10 Å². The molecule has 0 aliphatic rings. The zero-order valence-corrected chi connectivity index (χ0v) is 27.0. The molecular weight excluding hydrogens is 524 g/mol. The molecule has 0 heterocycles. The second-order valence-electron chi connectivity index (χ2n) is 11.0. The molecule has 0 rings (SSSR count). The van der Waals surface area contributed by atoms with Crippen molar-refractivity contribution in [3.63, 3.8) is 0 Å². The van der Waals surface area contributed by atoms with Crippen LogP contribution in [0.5, 0.6) is 0 Å². The topological polar surface area (TPSA) is 72.8 Å². The quantitative estimate of drug-likeness (QED) is 0.0536. The predicted molar refractivity (Wildman–Crippen MR) is 177 cm³/mol. The van der Waals surface area contributed by atoms with Crippen molar-refractivity contribution in [1.82, 2.24) is 0 Å². The third kappa shape index (κ3) is 30.6. The maximum atomic E-state index is 12.1. The zero-order valence-electron chi connectivity index (χ0n) is 27.0. The number of carbonyl (C=O) groups is 2. The Morgan fingerprint density at radius 2 is 1.02 bits per heavy atom. The van der Waals surface area contributed by atoms with Crippen molar-refractivity contribution in [3.8, 4) is 0 Å². The van der Waals surface area contributed by atoms with Gasteiger partial charge in [0.1, 0.15) is 6.61 Å². The lowest BCUT2D eigenvalue weighted by Crippen LogP contribution is -2.28. The lowest BCUT2D eigenvalue weighted by Gasteiger charge is -2.15. The number of esters is 2. The molecule has 0 bridgehead atoms. The first-order valence-electron chi connectivity index (χ1n) is 16.9. The molecule has 0 aromatic heterocycles. The molecule has 1 atom stereocenters. The molecule has 0 aromatic carbocycles. The van der Waals surface area contributed by atoms with Crippen LogP contribution in [-0.4, -0.2) is 36.4 Å². The number of aliphatic hydroxyl groups excluding tert-OH is 1. The minimum atomic E-state index is -0.798. The lowest BCUT2D eigenvalue weighted by molar-refractivity contribution is -0.161. The summed E-state index contributed by atoms with van der Waals surface area (Å²) in [5.74, 6) is -0.681. The minimum Gasteiger partial charge on any atom is -0.462 e. The molecule has 0 saturated carbocycles. The molecule has 0 saturated heterocycles. The summed E-state index contributed by atoms with van der Waals surface area (Å²) in [5, 5.41) is 9.50. The average Bonchev–Trinajstić information content (AvgIpc) is 2.99. The minimum absolute atomic E-state index is 0.104. The van der Waals surface area contributed by atoms with Crippen LogP contribution in [0, 0.1) is 0 Å². The van der Waals surface area contributed by atoms with Gasteiger partial charge < -0.3 is 14.6 Å². The fourth-order valence-corrected chi connectivity index (χ4v) is 4.41. The standard InChI is InChI=1S/C37H62O5/c1-3-5-7-9-11-13-15-17-18-20-22-24-26-28-30-32-37(40)42-35(33-38)34-41-36(39)31-29-27-25-23-21-19-16-14-12-10-8-6-4-2/h6,8,10,12,14,16,19,21,23,25,35,38H,3-5,7,9,11,13,15,17-18,20,22,24,26-34H2,1-2H3/b8-6+,12-10+,16-14+,21-19+,25-23+. The Morgan fingerprint density at radius 3 is 1.52 bits per heavy atom. The molecule has 0 fully saturated rings. The number of unbranched alkanes of at least 4 members (excludes halogenated alkanes) is 15. The Morgan fingerprint density at radius 1 is 0.571 bits per heavy atom. The van der Waals surface area contributed by atoms with Gasteiger partial charge in [0.05, 0.1) is 6.61 Å². The molecule has 5 heteroatoms. The predicted octanol–water partition coefficient (Wildman–Crippen LogP) is 10.1. The fourth-order valence-electron chi connectivity index (χ4n) is 4.41. The van der Waals surface area contributed by atoms with E-state index in [0.29, 0.717) is 12.8 Å². The summed E-state index contributed by atoms with van der Waals surface area (Å²) in [7, 11) is 0. The third-order valence-electron chi connectivity index (χ3n) is 6.95. The number of aliphatic hydroxyl groups is 1. The van der Waals surface area contributed by atoms with E-state index in [1.54, 1.807) is 0 Å². The average molecular weight is 587 g/mol. The number of carbonyl (C=O) groups excluding carboxylic acids is 2. The van der Waals surface area contributed by atoms with E-state index in [9.17, 15) is 14.7 Å². The van der Waals surface area contributed by atoms with E-state index in [1.807, 2.05) is 54.7 Å². The molecule has 5 nitrogen and oxygen atoms in total. The van der Waals surface area contributed by atoms with Crippen LogP contribution in [0.3, 0.4) is 0 Å². The highest BCUT2D eigenvalue weighted by Crippen LogP contribution is 2.14. The van der Waals surface area contributed by atoms with Crippen molar-refractivity contribution in [1.29, 1.82) is 0 Å². The van der Waals surface area contributed by atoms with Gasteiger partial charge in [-0.2, -0.15) is 0 Å². The number of allylic oxidation sites excluding steroid dienone is 10. The second-order valence-corrected chi connectivity index (χ2v) is 11.0. The van der Waals surface area contributed by atoms with Gasteiger partial charge in [-0.05, 0) is 25.7 Å². The van der Waals surface area contributed by atoms with Crippen LogP contribution in [0.15, 0.2) is 60.8 Å². The summed E-state index contributed by atoms with van der Waals surface area (Å²) in [6, 6.07) is 0. The first-order valence-corrected chi connectivity index (χ1v) is 16.9. The molecule has 240 valence electrons. The van der Waals surface area contributed by atoms with Gasteiger partial charge in [-0.3, -0.25) is 9.59 Å². The Labute approximate surface area is 258 Å². The SMILES string of the molecule is CC/C=C/C=C/C=C/C=C/C=C/CCCC(=O)OCC(CO)OC(=O)CCCCCCCCCCCCCCCCC. The summed E-state index contributed by atoms with van der Waals surface area (Å²) in [4.78, 5) is 24.1. The summed E-state index contributed by atoms with van der Waals surface area (Å²) >= 11 is 0. The highest BCUT2D eigenvalue weighted by Gasteiger charge is 2.15. The van der Waals surface area contributed by atoms with Crippen LogP contribution in [0.4, 0.5) is 0 Å². The van der Waals surface area contributed by atoms with Gasteiger partial charge in [-0.15, -0.1) is 0 Å². The van der Waals surface area contributed by atoms with Crippen LogP contribution in [0.25, 0.3) is 0 Å². The van der Waals surface area contributed by atoms with Gasteiger partial charge >= 0.3 is 11.9 Å². The monoisotopic (exact) mass is 586 g/mol. The van der Waals surface area contributed by atoms with Crippen molar-refractivity contribution in [2.24, 2.45) is 0 Å². The van der Waals surface area contributed by atoms with E-state index in [0.717, 1.165) is 32.1 Å². The molecule has 1 unspecified atom stereocenters. The smallest absolute Gasteiger partial charge is 0.306 e. The fraction of sp³-hybridized carbons (Fsp3) is 0.676. The van der Waals surface area contributed by atoms with Crippen molar-refractivity contribution >= 4 is 11.9 Å². The highest BCUT2D eigenvalue weighted by atomic mass is 16.6. The van der Waals surface area contributed by atoms with Crippen LogP contribution in [-0.2, 0) is 19.1 Å². The van der Waals surface area contributed by atoms with E-state index >= 15 is 0 Å². The largest absolute Gasteiger partial charge is 0.462 e. The normalized spacial score (nSPS) is 12.9. The van der Waals surface area contributed by atoms with Crippen molar-refractivity contribution < 1.29 is 24.2 Å². The molecule has 0 aliphatic heterocycles. The number of hydrogen-bond donors (Lipinski definition) is 1.